The summed E-state index contributed by atoms with van der Waals surface area (Å²) in [5, 5.41) is 6.93. The summed E-state index contributed by atoms with van der Waals surface area (Å²) in [6.45, 7) is 5.65. The molecular formula is C16H22N4O3. The van der Waals surface area contributed by atoms with Gasteiger partial charge in [0.25, 0.3) is 0 Å². The first kappa shape index (κ1) is 15.6. The molecule has 2 aromatic rings. The summed E-state index contributed by atoms with van der Waals surface area (Å²) in [6.07, 6.45) is 2.62. The number of nitrogens with one attached hydrogen (secondary N) is 1. The maximum Gasteiger partial charge on any atom is 0.317 e. The molecular weight excluding hydrogens is 296 g/mol. The average Bonchev–Trinajstić information content (AvgIpc) is 3.16. The molecule has 7 heteroatoms. The third-order valence-electron chi connectivity index (χ3n) is 4.06. The lowest BCUT2D eigenvalue weighted by atomic mass is 9.98. The molecule has 0 aliphatic carbocycles. The Morgan fingerprint density at radius 2 is 2.30 bits per heavy atom. The largest absolute Gasteiger partial charge is 0.466 e. The van der Waals surface area contributed by atoms with E-state index in [2.05, 4.69) is 15.5 Å². The van der Waals surface area contributed by atoms with Crippen molar-refractivity contribution in [3.05, 3.63) is 35.4 Å². The van der Waals surface area contributed by atoms with Gasteiger partial charge in [0.1, 0.15) is 11.5 Å². The van der Waals surface area contributed by atoms with Crippen LogP contribution < -0.4 is 5.32 Å². The van der Waals surface area contributed by atoms with Gasteiger partial charge in [0.15, 0.2) is 5.82 Å². The number of aryl methyl sites for hydroxylation is 2. The van der Waals surface area contributed by atoms with Crippen LogP contribution >= 0.6 is 0 Å². The minimum absolute atomic E-state index is 0.0433. The van der Waals surface area contributed by atoms with Crippen molar-refractivity contribution in [1.29, 1.82) is 0 Å². The molecule has 1 N–H and O–H groups in total. The number of nitrogens with zero attached hydrogens (tertiary/aromatic N) is 3. The number of carbonyl (C=O) groups excluding carboxylic acids is 1. The number of carbonyl (C=O) groups is 1. The lowest BCUT2D eigenvalue weighted by molar-refractivity contribution is 0.177. The van der Waals surface area contributed by atoms with Crippen LogP contribution in [0.25, 0.3) is 0 Å². The monoisotopic (exact) mass is 318 g/mol. The topological polar surface area (TPSA) is 84.4 Å². The van der Waals surface area contributed by atoms with E-state index in [-0.39, 0.29) is 11.9 Å². The normalized spacial score (nSPS) is 18.2. The van der Waals surface area contributed by atoms with E-state index in [0.29, 0.717) is 31.2 Å². The fraction of sp³-hybridized carbons (Fsp3) is 0.562. The first-order chi connectivity index (χ1) is 11.1. The van der Waals surface area contributed by atoms with Gasteiger partial charge in [0.2, 0.25) is 5.89 Å². The van der Waals surface area contributed by atoms with Crippen molar-refractivity contribution < 1.29 is 13.7 Å². The molecule has 0 spiro atoms. The lowest BCUT2D eigenvalue weighted by Crippen LogP contribution is -2.45. The Labute approximate surface area is 135 Å². The van der Waals surface area contributed by atoms with Crippen molar-refractivity contribution in [2.24, 2.45) is 0 Å². The number of aromatic nitrogens is 2. The zero-order valence-electron chi connectivity index (χ0n) is 13.5. The molecule has 3 rings (SSSR count). The fourth-order valence-corrected chi connectivity index (χ4v) is 2.88. The van der Waals surface area contributed by atoms with Crippen molar-refractivity contribution in [3.8, 4) is 0 Å². The summed E-state index contributed by atoms with van der Waals surface area (Å²) in [5.41, 5.74) is 0. The van der Waals surface area contributed by atoms with Crippen LogP contribution in [0.2, 0.25) is 0 Å². The maximum absolute atomic E-state index is 12.3. The number of piperidine rings is 1. The predicted molar refractivity (Wildman–Crippen MR) is 83.1 cm³/mol. The number of rotatable bonds is 4. The zero-order valence-corrected chi connectivity index (χ0v) is 13.5. The highest BCUT2D eigenvalue weighted by Crippen LogP contribution is 2.24. The van der Waals surface area contributed by atoms with Crippen molar-refractivity contribution >= 4 is 6.03 Å². The number of likely N-dealkylation sites (tertiary alicyclic amines) is 1. The maximum atomic E-state index is 12.3. The minimum atomic E-state index is -0.0433. The Kier molecular flexibility index (Phi) is 4.64. The Morgan fingerprint density at radius 1 is 1.43 bits per heavy atom. The van der Waals surface area contributed by atoms with Crippen LogP contribution in [0.5, 0.6) is 0 Å². The number of urea groups is 1. The highest BCUT2D eigenvalue weighted by Gasteiger charge is 2.27. The zero-order chi connectivity index (χ0) is 16.2. The molecule has 3 heterocycles. The summed E-state index contributed by atoms with van der Waals surface area (Å²) in [5.74, 6) is 3.20. The number of furan rings is 1. The predicted octanol–water partition coefficient (Wildman–Crippen LogP) is 2.41. The highest BCUT2D eigenvalue weighted by atomic mass is 16.5. The van der Waals surface area contributed by atoms with Crippen LogP contribution in [0.4, 0.5) is 4.79 Å². The molecule has 124 valence electrons. The third-order valence-corrected chi connectivity index (χ3v) is 4.06. The van der Waals surface area contributed by atoms with E-state index in [1.807, 2.05) is 24.0 Å². The molecule has 0 unspecified atom stereocenters. The SMILES string of the molecule is Cc1ccc(CCNC(=O)N2CCC[C@@H](c3noc(C)n3)C2)o1. The average molecular weight is 318 g/mol. The number of hydrogen-bond acceptors (Lipinski definition) is 5. The summed E-state index contributed by atoms with van der Waals surface area (Å²) < 4.78 is 10.5. The Bertz CT molecular complexity index is 664. The molecule has 1 aliphatic heterocycles. The van der Waals surface area contributed by atoms with Gasteiger partial charge >= 0.3 is 6.03 Å². The fourth-order valence-electron chi connectivity index (χ4n) is 2.88. The summed E-state index contributed by atoms with van der Waals surface area (Å²) in [4.78, 5) is 18.4. The van der Waals surface area contributed by atoms with Crippen molar-refractivity contribution in [3.63, 3.8) is 0 Å². The first-order valence-corrected chi connectivity index (χ1v) is 8.00. The summed E-state index contributed by atoms with van der Waals surface area (Å²) in [7, 11) is 0. The van der Waals surface area contributed by atoms with Gasteiger partial charge in [-0.15, -0.1) is 0 Å². The third kappa shape index (κ3) is 3.91. The molecule has 1 aliphatic rings. The van der Waals surface area contributed by atoms with Gasteiger partial charge in [0, 0.05) is 38.9 Å². The van der Waals surface area contributed by atoms with Crippen molar-refractivity contribution in [2.75, 3.05) is 19.6 Å². The Hall–Kier alpha value is -2.31. The van der Waals surface area contributed by atoms with Gasteiger partial charge in [-0.3, -0.25) is 0 Å². The number of amides is 2. The van der Waals surface area contributed by atoms with Gasteiger partial charge in [-0.05, 0) is 31.9 Å². The molecule has 1 fully saturated rings. The van der Waals surface area contributed by atoms with Crippen LogP contribution in [0.1, 0.15) is 42.0 Å². The van der Waals surface area contributed by atoms with Gasteiger partial charge < -0.3 is 19.2 Å². The van der Waals surface area contributed by atoms with Gasteiger partial charge in [0.05, 0.1) is 0 Å². The summed E-state index contributed by atoms with van der Waals surface area (Å²) in [6, 6.07) is 3.83. The van der Waals surface area contributed by atoms with Crippen LogP contribution in [-0.2, 0) is 6.42 Å². The van der Waals surface area contributed by atoms with E-state index in [9.17, 15) is 4.79 Å². The smallest absolute Gasteiger partial charge is 0.317 e. The molecule has 0 bridgehead atoms. The first-order valence-electron chi connectivity index (χ1n) is 8.00. The summed E-state index contributed by atoms with van der Waals surface area (Å²) >= 11 is 0. The van der Waals surface area contributed by atoms with Crippen molar-refractivity contribution in [2.45, 2.75) is 39.0 Å². The molecule has 1 atom stereocenters. The highest BCUT2D eigenvalue weighted by molar-refractivity contribution is 5.74. The Morgan fingerprint density at radius 3 is 3.00 bits per heavy atom. The molecule has 23 heavy (non-hydrogen) atoms. The standard InChI is InChI=1S/C16H22N4O3/c1-11-5-6-14(22-11)7-8-17-16(21)20-9-3-4-13(10-20)15-18-12(2)23-19-15/h5-6,13H,3-4,7-10H2,1-2H3,(H,17,21)/t13-/m1/s1. The number of hydrogen-bond donors (Lipinski definition) is 1. The van der Waals surface area contributed by atoms with Crippen molar-refractivity contribution in [1.82, 2.24) is 20.4 Å². The molecule has 0 saturated carbocycles. The molecule has 2 aromatic heterocycles. The molecule has 2 amide bonds. The second kappa shape index (κ2) is 6.85. The minimum Gasteiger partial charge on any atom is -0.466 e. The molecule has 1 saturated heterocycles. The quantitative estimate of drug-likeness (QED) is 0.936. The van der Waals surface area contributed by atoms with Gasteiger partial charge in [-0.25, -0.2) is 4.79 Å². The second-order valence-electron chi connectivity index (χ2n) is 5.95. The van der Waals surface area contributed by atoms with Crippen LogP contribution in [0, 0.1) is 13.8 Å². The Balaban J connectivity index is 1.48. The van der Waals surface area contributed by atoms with E-state index < -0.39 is 0 Å². The second-order valence-corrected chi connectivity index (χ2v) is 5.95. The van der Waals surface area contributed by atoms with Crippen LogP contribution in [0.15, 0.2) is 21.1 Å². The van der Waals surface area contributed by atoms with Crippen LogP contribution in [0.3, 0.4) is 0 Å². The van der Waals surface area contributed by atoms with Gasteiger partial charge in [-0.1, -0.05) is 5.16 Å². The van der Waals surface area contributed by atoms with Gasteiger partial charge in [-0.2, -0.15) is 4.98 Å². The van der Waals surface area contributed by atoms with Crippen LogP contribution in [-0.4, -0.2) is 40.7 Å². The van der Waals surface area contributed by atoms with E-state index >= 15 is 0 Å². The molecule has 0 radical (unpaired) electrons. The van der Waals surface area contributed by atoms with E-state index in [4.69, 9.17) is 8.94 Å². The molecule has 7 nitrogen and oxygen atoms in total. The lowest BCUT2D eigenvalue weighted by Gasteiger charge is -2.31. The van der Waals surface area contributed by atoms with E-state index in [0.717, 1.165) is 30.9 Å². The van der Waals surface area contributed by atoms with E-state index in [1.54, 1.807) is 6.92 Å². The van der Waals surface area contributed by atoms with E-state index in [1.165, 1.54) is 0 Å². The molecule has 0 aromatic carbocycles.